The minimum atomic E-state index is -0.116. The Morgan fingerprint density at radius 1 is 0.370 bits per heavy atom. The van der Waals surface area contributed by atoms with Crippen molar-refractivity contribution in [3.05, 3.63) is 218 Å². The largest absolute Gasteiger partial charge is 0.310 e. The Labute approximate surface area is 321 Å². The Morgan fingerprint density at radius 3 is 1.78 bits per heavy atom. The smallest absolute Gasteiger partial charge is 0.0645 e. The Hall–Kier alpha value is -7.16. The lowest BCUT2D eigenvalue weighted by molar-refractivity contribution is 1.18. The molecule has 10 aromatic rings. The van der Waals surface area contributed by atoms with Crippen LogP contribution in [0.3, 0.4) is 0 Å². The monoisotopic (exact) mass is 692 g/mol. The molecule has 0 fully saturated rings. The first-order valence-corrected chi connectivity index (χ1v) is 18.2. The van der Waals surface area contributed by atoms with Gasteiger partial charge < -0.3 is 9.47 Å². The summed E-state index contributed by atoms with van der Waals surface area (Å²) in [5.74, 6) is 0. The van der Waals surface area contributed by atoms with Gasteiger partial charge in [0.25, 0.3) is 0 Å². The van der Waals surface area contributed by atoms with E-state index in [1.165, 1.54) is 0 Å². The molecule has 1 heterocycles. The molecule has 0 radical (unpaired) electrons. The first-order valence-electron chi connectivity index (χ1n) is 20.2. The van der Waals surface area contributed by atoms with E-state index in [4.69, 9.17) is 0 Å². The van der Waals surface area contributed by atoms with Crippen molar-refractivity contribution in [2.45, 2.75) is 0 Å². The third-order valence-corrected chi connectivity index (χ3v) is 10.3. The van der Waals surface area contributed by atoms with Crippen LogP contribution < -0.4 is 4.90 Å². The second-order valence-electron chi connectivity index (χ2n) is 13.4. The third-order valence-electron chi connectivity index (χ3n) is 10.3. The predicted octanol–water partition coefficient (Wildman–Crippen LogP) is 14.4. The van der Waals surface area contributed by atoms with Crippen molar-refractivity contribution < 1.29 is 5.48 Å². The number of hydrogen-bond donors (Lipinski definition) is 0. The first kappa shape index (κ1) is 27.5. The number of nitrogens with zero attached hydrogens (tertiary/aromatic N) is 2. The average molecular weight is 693 g/mol. The molecule has 0 bridgehead atoms. The Bertz CT molecular complexity index is 3120. The van der Waals surface area contributed by atoms with Crippen LogP contribution in [0, 0.1) is 0 Å². The second-order valence-corrected chi connectivity index (χ2v) is 13.4. The highest BCUT2D eigenvalue weighted by molar-refractivity contribution is 6.16. The molecule has 2 heteroatoms. The minimum absolute atomic E-state index is 0.0899. The number of rotatable bonds is 7. The van der Waals surface area contributed by atoms with Gasteiger partial charge in [-0.15, -0.1) is 0 Å². The molecule has 0 aliphatic rings. The highest BCUT2D eigenvalue weighted by Gasteiger charge is 2.18. The number of anilines is 3. The molecule has 2 nitrogen and oxygen atoms in total. The molecule has 254 valence electrons. The van der Waals surface area contributed by atoms with Gasteiger partial charge in [0.2, 0.25) is 0 Å². The van der Waals surface area contributed by atoms with Crippen LogP contribution >= 0.6 is 0 Å². The van der Waals surface area contributed by atoms with Crippen molar-refractivity contribution in [1.82, 2.24) is 4.57 Å². The molecule has 9 aromatic carbocycles. The van der Waals surface area contributed by atoms with Gasteiger partial charge in [-0.1, -0.05) is 158 Å². The summed E-state index contributed by atoms with van der Waals surface area (Å²) in [7, 11) is 0. The summed E-state index contributed by atoms with van der Waals surface area (Å²) >= 11 is 0. The van der Waals surface area contributed by atoms with Gasteiger partial charge in [0.1, 0.15) is 0 Å². The lowest BCUT2D eigenvalue weighted by atomic mass is 9.97. The van der Waals surface area contributed by atoms with Gasteiger partial charge in [0, 0.05) is 33.5 Å². The Morgan fingerprint density at radius 2 is 0.963 bits per heavy atom. The predicted molar refractivity (Wildman–Crippen MR) is 229 cm³/mol. The van der Waals surface area contributed by atoms with Gasteiger partial charge >= 0.3 is 0 Å². The van der Waals surface area contributed by atoms with Crippen molar-refractivity contribution >= 4 is 49.6 Å². The molecule has 0 saturated heterocycles. The zero-order valence-corrected chi connectivity index (χ0v) is 29.4. The summed E-state index contributed by atoms with van der Waals surface area (Å²) in [6.45, 7) is 0. The number of benzene rings is 9. The van der Waals surface area contributed by atoms with Gasteiger partial charge in [0.15, 0.2) is 0 Å². The molecule has 0 N–H and O–H groups in total. The zero-order valence-electron chi connectivity index (χ0n) is 33.4. The molecule has 0 atom stereocenters. The van der Waals surface area contributed by atoms with Crippen LogP contribution in [0.15, 0.2) is 218 Å². The molecule has 10 rings (SSSR count). The Balaban J connectivity index is 1.19. The normalized spacial score (nSPS) is 12.4. The van der Waals surface area contributed by atoms with Gasteiger partial charge in [-0.25, -0.2) is 0 Å². The SMILES string of the molecule is [2H]c1c([2H])c(N(c2ccc(-c3ccccc3)cc2)c2cccc(-c3cccc4c3c3ccccc3n4-c3ccccc3)c2)c([2H])c([2H])c1-c1cccc2ccccc12. The maximum atomic E-state index is 9.60. The zero-order chi connectivity index (χ0) is 39.3. The molecule has 0 aliphatic heterocycles. The van der Waals surface area contributed by atoms with Crippen molar-refractivity contribution in [2.24, 2.45) is 0 Å². The lowest BCUT2D eigenvalue weighted by Gasteiger charge is -2.26. The fourth-order valence-electron chi connectivity index (χ4n) is 7.76. The number of para-hydroxylation sites is 2. The molecule has 0 spiro atoms. The van der Waals surface area contributed by atoms with E-state index >= 15 is 0 Å². The van der Waals surface area contributed by atoms with E-state index in [0.29, 0.717) is 11.3 Å². The van der Waals surface area contributed by atoms with E-state index in [-0.39, 0.29) is 35.4 Å². The maximum absolute atomic E-state index is 9.60. The van der Waals surface area contributed by atoms with Crippen LogP contribution in [-0.2, 0) is 0 Å². The third kappa shape index (κ3) is 5.53. The minimum Gasteiger partial charge on any atom is -0.310 e. The fourth-order valence-corrected chi connectivity index (χ4v) is 7.76. The van der Waals surface area contributed by atoms with Crippen molar-refractivity contribution in [1.29, 1.82) is 0 Å². The molecular weight excluding hydrogens is 653 g/mol. The van der Waals surface area contributed by atoms with Crippen LogP contribution in [0.1, 0.15) is 5.48 Å². The van der Waals surface area contributed by atoms with Crippen molar-refractivity contribution in [3.8, 4) is 39.1 Å². The molecule has 54 heavy (non-hydrogen) atoms. The highest BCUT2D eigenvalue weighted by atomic mass is 15.1. The lowest BCUT2D eigenvalue weighted by Crippen LogP contribution is -2.10. The van der Waals surface area contributed by atoms with Crippen LogP contribution in [0.25, 0.3) is 71.6 Å². The van der Waals surface area contributed by atoms with Gasteiger partial charge in [-0.3, -0.25) is 0 Å². The molecule has 0 saturated carbocycles. The van der Waals surface area contributed by atoms with E-state index in [1.54, 1.807) is 0 Å². The second kappa shape index (κ2) is 13.4. The highest BCUT2D eigenvalue weighted by Crippen LogP contribution is 2.42. The molecule has 1 aromatic heterocycles. The standard InChI is InChI=1S/C52H36N2/c1-3-14-37(15-4-1)38-28-32-43(33-29-38)53(44-34-30-40(31-35-44)47-24-12-17-39-16-7-8-22-46(39)47)45-21-11-18-41(36-45)48-25-13-27-51-52(48)49-23-9-10-26-50(49)54(51)42-19-5-2-6-20-42/h1-36H/i30D,31D,34D,35D. The molecule has 0 unspecified atom stereocenters. The molecule has 0 amide bonds. The topological polar surface area (TPSA) is 8.17 Å². The Kier molecular flexibility index (Phi) is 6.84. The quantitative estimate of drug-likeness (QED) is 0.161. The van der Waals surface area contributed by atoms with E-state index in [1.807, 2.05) is 108 Å². The fraction of sp³-hybridized carbons (Fsp3) is 0. The number of hydrogen-bond acceptors (Lipinski definition) is 1. The summed E-state index contributed by atoms with van der Waals surface area (Å²) in [6, 6.07) is 65.0. The van der Waals surface area contributed by atoms with Gasteiger partial charge in [-0.2, -0.15) is 0 Å². The van der Waals surface area contributed by atoms with E-state index in [9.17, 15) is 5.48 Å². The summed E-state index contributed by atoms with van der Waals surface area (Å²) < 4.78 is 40.4. The van der Waals surface area contributed by atoms with E-state index < -0.39 is 0 Å². The van der Waals surface area contributed by atoms with Crippen LogP contribution in [0.2, 0.25) is 0 Å². The molecule has 0 aliphatic carbocycles. The van der Waals surface area contributed by atoms with Crippen LogP contribution in [-0.4, -0.2) is 4.57 Å². The number of aromatic nitrogens is 1. The summed E-state index contributed by atoms with van der Waals surface area (Å²) in [5.41, 5.74) is 9.98. The van der Waals surface area contributed by atoms with E-state index in [0.717, 1.165) is 66.2 Å². The van der Waals surface area contributed by atoms with Gasteiger partial charge in [-0.05, 0) is 105 Å². The maximum Gasteiger partial charge on any atom is 0.0645 e. The van der Waals surface area contributed by atoms with Crippen molar-refractivity contribution in [2.75, 3.05) is 4.90 Å². The molecular formula is C52H36N2. The van der Waals surface area contributed by atoms with Crippen LogP contribution in [0.4, 0.5) is 17.1 Å². The van der Waals surface area contributed by atoms with Crippen LogP contribution in [0.5, 0.6) is 0 Å². The summed E-state index contributed by atoms with van der Waals surface area (Å²) in [6.07, 6.45) is 0. The van der Waals surface area contributed by atoms with E-state index in [2.05, 4.69) is 95.6 Å². The number of fused-ring (bicyclic) bond motifs is 4. The summed E-state index contributed by atoms with van der Waals surface area (Å²) in [4.78, 5) is 1.87. The average Bonchev–Trinajstić information content (AvgIpc) is 3.63. The van der Waals surface area contributed by atoms with Crippen molar-refractivity contribution in [3.63, 3.8) is 0 Å². The van der Waals surface area contributed by atoms with Gasteiger partial charge in [0.05, 0.1) is 16.5 Å². The first-order chi connectivity index (χ1) is 28.5. The summed E-state index contributed by atoms with van der Waals surface area (Å²) in [5, 5.41) is 4.11.